The number of halogens is 5. The summed E-state index contributed by atoms with van der Waals surface area (Å²) in [6.07, 6.45) is -6.52. The van der Waals surface area contributed by atoms with E-state index in [-0.39, 0.29) is 48.4 Å². The number of ether oxygens (including phenoxy) is 3. The van der Waals surface area contributed by atoms with Gasteiger partial charge in [-0.1, -0.05) is 23.8 Å². The van der Waals surface area contributed by atoms with E-state index in [9.17, 15) is 36.3 Å². The largest absolute Gasteiger partial charge is 0.496 e. The minimum Gasteiger partial charge on any atom is -0.496 e. The van der Waals surface area contributed by atoms with Crippen LogP contribution in [-0.4, -0.2) is 31.4 Å². The first-order valence-corrected chi connectivity index (χ1v) is 11.4. The van der Waals surface area contributed by atoms with Crippen molar-refractivity contribution in [2.75, 3.05) is 12.4 Å². The number of hydrogen-bond donors (Lipinski definition) is 1. The van der Waals surface area contributed by atoms with E-state index in [1.54, 1.807) is 19.9 Å². The van der Waals surface area contributed by atoms with Crippen molar-refractivity contribution in [1.29, 1.82) is 0 Å². The molecule has 0 aliphatic carbocycles. The Morgan fingerprint density at radius 3 is 2.50 bits per heavy atom. The summed E-state index contributed by atoms with van der Waals surface area (Å²) < 4.78 is 80.8. The number of methoxy groups -OCH3 is 1. The molecule has 0 unspecified atom stereocenters. The Labute approximate surface area is 214 Å². The third-order valence-corrected chi connectivity index (χ3v) is 5.92. The van der Waals surface area contributed by atoms with Crippen LogP contribution in [0.2, 0.25) is 0 Å². The molecule has 2 aromatic carbocycles. The van der Waals surface area contributed by atoms with Gasteiger partial charge in [0.15, 0.2) is 0 Å². The number of anilines is 1. The van der Waals surface area contributed by atoms with Crippen LogP contribution in [0.4, 0.5) is 27.6 Å². The standard InChI is InChI=1S/C26H24F5NO6/c1-13(9-11-19(33)38-18-7-5-4-6-17(18)26(29,30)31)8-10-15-21(32-24(34)23(27)28)20-16(12-37-25(20)35)14(2)22(15)36-3/h4-8,23H,9-12H2,1-3H3,(H,32,34). The molecule has 0 atom stereocenters. The molecule has 38 heavy (non-hydrogen) atoms. The van der Waals surface area contributed by atoms with Crippen LogP contribution in [0, 0.1) is 6.92 Å². The van der Waals surface area contributed by atoms with Crippen molar-refractivity contribution in [3.05, 3.63) is 63.7 Å². The number of alkyl halides is 5. The minimum absolute atomic E-state index is 0.0151. The number of benzene rings is 2. The van der Waals surface area contributed by atoms with Gasteiger partial charge in [0.05, 0.1) is 23.9 Å². The number of fused-ring (bicyclic) bond motifs is 1. The number of amides is 1. The van der Waals surface area contributed by atoms with Crippen molar-refractivity contribution in [1.82, 2.24) is 0 Å². The van der Waals surface area contributed by atoms with E-state index in [0.717, 1.165) is 12.1 Å². The molecule has 0 saturated carbocycles. The number of cyclic esters (lactones) is 1. The lowest BCUT2D eigenvalue weighted by Gasteiger charge is -2.19. The smallest absolute Gasteiger partial charge is 0.419 e. The van der Waals surface area contributed by atoms with E-state index in [1.165, 1.54) is 19.2 Å². The molecule has 0 spiro atoms. The molecule has 0 saturated heterocycles. The zero-order chi connectivity index (χ0) is 28.2. The molecule has 0 fully saturated rings. The molecular weight excluding hydrogens is 517 g/mol. The number of carbonyl (C=O) groups is 3. The highest BCUT2D eigenvalue weighted by atomic mass is 19.4. The summed E-state index contributed by atoms with van der Waals surface area (Å²) in [7, 11) is 1.35. The number of carbonyl (C=O) groups excluding carboxylic acids is 3. The summed E-state index contributed by atoms with van der Waals surface area (Å²) in [5, 5.41) is 2.10. The molecule has 3 rings (SSSR count). The topological polar surface area (TPSA) is 90.9 Å². The van der Waals surface area contributed by atoms with Gasteiger partial charge in [-0.05, 0) is 44.4 Å². The maximum absolute atomic E-state index is 13.1. The van der Waals surface area contributed by atoms with Gasteiger partial charge < -0.3 is 19.5 Å². The van der Waals surface area contributed by atoms with Crippen LogP contribution in [0.25, 0.3) is 0 Å². The normalized spacial score (nSPS) is 13.3. The zero-order valence-electron chi connectivity index (χ0n) is 20.6. The van der Waals surface area contributed by atoms with Gasteiger partial charge >= 0.3 is 24.5 Å². The molecule has 1 heterocycles. The molecule has 12 heteroatoms. The zero-order valence-corrected chi connectivity index (χ0v) is 20.6. The van der Waals surface area contributed by atoms with E-state index in [2.05, 4.69) is 5.32 Å². The van der Waals surface area contributed by atoms with E-state index >= 15 is 0 Å². The van der Waals surface area contributed by atoms with E-state index < -0.39 is 41.8 Å². The molecule has 0 radical (unpaired) electrons. The van der Waals surface area contributed by atoms with Crippen LogP contribution in [-0.2, 0) is 33.5 Å². The molecule has 0 bridgehead atoms. The Hall–Kier alpha value is -3.96. The summed E-state index contributed by atoms with van der Waals surface area (Å²) in [6.45, 7) is 3.20. The maximum Gasteiger partial charge on any atom is 0.419 e. The Kier molecular flexibility index (Phi) is 8.74. The Morgan fingerprint density at radius 2 is 1.87 bits per heavy atom. The molecule has 1 aliphatic heterocycles. The summed E-state index contributed by atoms with van der Waals surface area (Å²) in [5.41, 5.74) is 0.543. The molecule has 204 valence electrons. The van der Waals surface area contributed by atoms with Crippen LogP contribution in [0.15, 0.2) is 35.9 Å². The molecule has 1 aliphatic rings. The third kappa shape index (κ3) is 6.29. The van der Waals surface area contributed by atoms with E-state index in [4.69, 9.17) is 14.2 Å². The van der Waals surface area contributed by atoms with Crippen molar-refractivity contribution in [3.8, 4) is 11.5 Å². The van der Waals surface area contributed by atoms with Gasteiger partial charge in [-0.15, -0.1) is 0 Å². The van der Waals surface area contributed by atoms with Crippen molar-refractivity contribution >= 4 is 23.5 Å². The number of esters is 2. The van der Waals surface area contributed by atoms with Gasteiger partial charge in [0.25, 0.3) is 5.91 Å². The Bertz CT molecular complexity index is 1290. The van der Waals surface area contributed by atoms with Crippen molar-refractivity contribution in [2.45, 2.75) is 52.3 Å². The van der Waals surface area contributed by atoms with Crippen molar-refractivity contribution in [2.24, 2.45) is 0 Å². The van der Waals surface area contributed by atoms with Crippen LogP contribution >= 0.6 is 0 Å². The van der Waals surface area contributed by atoms with Crippen LogP contribution in [0.3, 0.4) is 0 Å². The summed E-state index contributed by atoms with van der Waals surface area (Å²) in [6, 6.07) is 4.35. The van der Waals surface area contributed by atoms with Gasteiger partial charge in [-0.25, -0.2) is 4.79 Å². The van der Waals surface area contributed by atoms with E-state index in [0.29, 0.717) is 16.7 Å². The number of allylic oxidation sites excluding steroid dienone is 2. The SMILES string of the molecule is COc1c(C)c2c(c(NC(=O)C(F)F)c1CC=C(C)CCC(=O)Oc1ccccc1C(F)(F)F)C(=O)OC2. The lowest BCUT2D eigenvalue weighted by atomic mass is 9.93. The number of hydrogen-bond acceptors (Lipinski definition) is 6. The maximum atomic E-state index is 13.1. The highest BCUT2D eigenvalue weighted by molar-refractivity contribution is 6.06. The van der Waals surface area contributed by atoms with Gasteiger partial charge in [0.2, 0.25) is 0 Å². The fourth-order valence-electron chi connectivity index (χ4n) is 4.01. The number of rotatable bonds is 9. The molecule has 1 N–H and O–H groups in total. The second-order valence-electron chi connectivity index (χ2n) is 8.45. The van der Waals surface area contributed by atoms with Gasteiger partial charge in [0, 0.05) is 17.5 Å². The fourth-order valence-corrected chi connectivity index (χ4v) is 4.01. The first-order valence-electron chi connectivity index (χ1n) is 11.4. The lowest BCUT2D eigenvalue weighted by Crippen LogP contribution is -2.23. The van der Waals surface area contributed by atoms with Crippen LogP contribution in [0.1, 0.15) is 52.4 Å². The van der Waals surface area contributed by atoms with Crippen molar-refractivity contribution < 1.29 is 50.5 Å². The second-order valence-corrected chi connectivity index (χ2v) is 8.45. The Morgan fingerprint density at radius 1 is 1.18 bits per heavy atom. The van der Waals surface area contributed by atoms with Crippen LogP contribution < -0.4 is 14.8 Å². The molecule has 0 aromatic heterocycles. The van der Waals surface area contributed by atoms with Crippen molar-refractivity contribution in [3.63, 3.8) is 0 Å². The minimum atomic E-state index is -4.69. The molecule has 7 nitrogen and oxygen atoms in total. The summed E-state index contributed by atoms with van der Waals surface area (Å²) >= 11 is 0. The molecular formula is C26H24F5NO6. The first-order chi connectivity index (χ1) is 17.8. The summed E-state index contributed by atoms with van der Waals surface area (Å²) in [5.74, 6) is -3.61. The monoisotopic (exact) mass is 541 g/mol. The second kappa shape index (κ2) is 11.6. The number of para-hydroxylation sites is 1. The number of nitrogens with one attached hydrogen (secondary N) is 1. The highest BCUT2D eigenvalue weighted by Crippen LogP contribution is 2.41. The van der Waals surface area contributed by atoms with Gasteiger partial charge in [0.1, 0.15) is 18.1 Å². The summed E-state index contributed by atoms with van der Waals surface area (Å²) in [4.78, 5) is 36.4. The fraction of sp³-hybridized carbons (Fsp3) is 0.346. The average Bonchev–Trinajstić information content (AvgIpc) is 3.24. The van der Waals surface area contributed by atoms with E-state index in [1.807, 2.05) is 0 Å². The van der Waals surface area contributed by atoms with Gasteiger partial charge in [-0.3, -0.25) is 9.59 Å². The third-order valence-electron chi connectivity index (χ3n) is 5.92. The molecule has 2 aromatic rings. The quantitative estimate of drug-likeness (QED) is 0.188. The average molecular weight is 541 g/mol. The Balaban J connectivity index is 1.81. The van der Waals surface area contributed by atoms with Crippen LogP contribution in [0.5, 0.6) is 11.5 Å². The van der Waals surface area contributed by atoms with Gasteiger partial charge in [-0.2, -0.15) is 22.0 Å². The first kappa shape index (κ1) is 28.6. The molecule has 1 amide bonds. The predicted octanol–water partition coefficient (Wildman–Crippen LogP) is 5.77. The highest BCUT2D eigenvalue weighted by Gasteiger charge is 2.35. The predicted molar refractivity (Wildman–Crippen MR) is 125 cm³/mol. The lowest BCUT2D eigenvalue weighted by molar-refractivity contribution is -0.142.